The van der Waals surface area contributed by atoms with Crippen LogP contribution in [0.1, 0.15) is 20.7 Å². The Morgan fingerprint density at radius 1 is 0.870 bits per heavy atom. The average Bonchev–Trinajstić information content (AvgIpc) is 2.62. The lowest BCUT2D eigenvalue weighted by atomic mass is 10.1. The number of para-hydroxylation sites is 1. The van der Waals surface area contributed by atoms with Crippen LogP contribution in [-0.4, -0.2) is 57.9 Å². The molecular formula is C17H17N3O3. The number of phenols is 1. The molecular weight excluding hydrogens is 294 g/mol. The van der Waals surface area contributed by atoms with E-state index in [1.165, 1.54) is 6.07 Å². The molecule has 0 saturated carbocycles. The lowest BCUT2D eigenvalue weighted by Gasteiger charge is -2.35. The molecule has 1 aromatic heterocycles. The minimum absolute atomic E-state index is 0.0206. The number of carbonyl (C=O) groups is 2. The maximum absolute atomic E-state index is 12.4. The van der Waals surface area contributed by atoms with Gasteiger partial charge >= 0.3 is 0 Å². The van der Waals surface area contributed by atoms with Crippen LogP contribution in [0.4, 0.5) is 0 Å². The highest BCUT2D eigenvalue weighted by Crippen LogP contribution is 2.19. The van der Waals surface area contributed by atoms with Crippen LogP contribution in [-0.2, 0) is 0 Å². The molecule has 118 valence electrons. The quantitative estimate of drug-likeness (QED) is 0.909. The first-order chi connectivity index (χ1) is 11.2. The maximum Gasteiger partial charge on any atom is 0.257 e. The van der Waals surface area contributed by atoms with E-state index in [0.717, 1.165) is 0 Å². The second-order valence-corrected chi connectivity index (χ2v) is 5.34. The van der Waals surface area contributed by atoms with Crippen LogP contribution in [0.5, 0.6) is 5.75 Å². The van der Waals surface area contributed by atoms with Gasteiger partial charge < -0.3 is 14.9 Å². The minimum Gasteiger partial charge on any atom is -0.507 e. The third-order valence-electron chi connectivity index (χ3n) is 3.92. The van der Waals surface area contributed by atoms with Gasteiger partial charge in [0.1, 0.15) is 5.75 Å². The summed E-state index contributed by atoms with van der Waals surface area (Å²) in [5.41, 5.74) is 0.891. The summed E-state index contributed by atoms with van der Waals surface area (Å²) in [4.78, 5) is 32.1. The van der Waals surface area contributed by atoms with Crippen molar-refractivity contribution in [2.24, 2.45) is 0 Å². The fourth-order valence-corrected chi connectivity index (χ4v) is 2.61. The first kappa shape index (κ1) is 15.0. The van der Waals surface area contributed by atoms with E-state index >= 15 is 0 Å². The Balaban J connectivity index is 1.64. The van der Waals surface area contributed by atoms with Gasteiger partial charge in [-0.15, -0.1) is 0 Å². The topological polar surface area (TPSA) is 73.7 Å². The molecule has 2 amide bonds. The molecule has 1 aromatic carbocycles. The Bertz CT molecular complexity index is 710. The molecule has 23 heavy (non-hydrogen) atoms. The van der Waals surface area contributed by atoms with Crippen LogP contribution >= 0.6 is 0 Å². The van der Waals surface area contributed by atoms with Crippen molar-refractivity contribution in [1.29, 1.82) is 0 Å². The Hall–Kier alpha value is -2.89. The summed E-state index contributed by atoms with van der Waals surface area (Å²) in [7, 11) is 0. The van der Waals surface area contributed by atoms with E-state index in [-0.39, 0.29) is 17.6 Å². The third-order valence-corrected chi connectivity index (χ3v) is 3.92. The van der Waals surface area contributed by atoms with Gasteiger partial charge in [-0.1, -0.05) is 12.1 Å². The summed E-state index contributed by atoms with van der Waals surface area (Å²) in [6.45, 7) is 1.84. The van der Waals surface area contributed by atoms with E-state index in [4.69, 9.17) is 0 Å². The monoisotopic (exact) mass is 311 g/mol. The predicted octanol–water partition coefficient (Wildman–Crippen LogP) is 1.39. The summed E-state index contributed by atoms with van der Waals surface area (Å²) in [6.07, 6.45) is 3.18. The highest BCUT2D eigenvalue weighted by atomic mass is 16.3. The first-order valence-electron chi connectivity index (χ1n) is 7.43. The van der Waals surface area contributed by atoms with E-state index in [2.05, 4.69) is 4.98 Å². The van der Waals surface area contributed by atoms with Gasteiger partial charge in [-0.3, -0.25) is 14.6 Å². The van der Waals surface area contributed by atoms with Crippen molar-refractivity contribution in [1.82, 2.24) is 14.8 Å². The highest BCUT2D eigenvalue weighted by molar-refractivity contribution is 5.97. The number of hydrogen-bond donors (Lipinski definition) is 1. The lowest BCUT2D eigenvalue weighted by molar-refractivity contribution is 0.0533. The zero-order valence-corrected chi connectivity index (χ0v) is 12.6. The molecule has 3 rings (SSSR count). The maximum atomic E-state index is 12.4. The van der Waals surface area contributed by atoms with Crippen molar-refractivity contribution in [3.8, 4) is 5.75 Å². The van der Waals surface area contributed by atoms with Crippen LogP contribution in [0.2, 0.25) is 0 Å². The molecule has 2 heterocycles. The fraction of sp³-hybridized carbons (Fsp3) is 0.235. The van der Waals surface area contributed by atoms with Gasteiger partial charge in [-0.2, -0.15) is 0 Å². The molecule has 6 nitrogen and oxygen atoms in total. The Labute approximate surface area is 134 Å². The number of pyridine rings is 1. The summed E-state index contributed by atoms with van der Waals surface area (Å²) in [5, 5.41) is 9.78. The van der Waals surface area contributed by atoms with Crippen molar-refractivity contribution in [3.05, 3.63) is 59.9 Å². The number of hydrogen-bond acceptors (Lipinski definition) is 4. The molecule has 0 aliphatic carbocycles. The smallest absolute Gasteiger partial charge is 0.257 e. The molecule has 2 aromatic rings. The van der Waals surface area contributed by atoms with E-state index in [0.29, 0.717) is 37.3 Å². The Morgan fingerprint density at radius 3 is 2.04 bits per heavy atom. The number of aromatic nitrogens is 1. The van der Waals surface area contributed by atoms with Crippen molar-refractivity contribution < 1.29 is 14.7 Å². The second kappa shape index (κ2) is 6.48. The average molecular weight is 311 g/mol. The van der Waals surface area contributed by atoms with Gasteiger partial charge in [0.2, 0.25) is 0 Å². The molecule has 6 heteroatoms. The standard InChI is InChI=1S/C17H17N3O3/c21-15-4-2-1-3-14(15)17(23)20-11-9-19(10-12-20)16(22)13-5-7-18-8-6-13/h1-8,21H,9-12H2. The van der Waals surface area contributed by atoms with E-state index in [1.807, 2.05) is 0 Å². The van der Waals surface area contributed by atoms with Crippen molar-refractivity contribution >= 4 is 11.8 Å². The number of phenolic OH excluding ortho intramolecular Hbond substituents is 1. The van der Waals surface area contributed by atoms with Gasteiger partial charge in [-0.25, -0.2) is 0 Å². The summed E-state index contributed by atoms with van der Waals surface area (Å²) >= 11 is 0. The van der Waals surface area contributed by atoms with E-state index in [9.17, 15) is 14.7 Å². The van der Waals surface area contributed by atoms with Crippen molar-refractivity contribution in [3.63, 3.8) is 0 Å². The Morgan fingerprint density at radius 2 is 1.43 bits per heavy atom. The van der Waals surface area contributed by atoms with Crippen LogP contribution in [0, 0.1) is 0 Å². The normalized spacial score (nSPS) is 14.6. The van der Waals surface area contributed by atoms with Crippen LogP contribution in [0.15, 0.2) is 48.8 Å². The zero-order chi connectivity index (χ0) is 16.2. The molecule has 1 aliphatic rings. The van der Waals surface area contributed by atoms with E-state index < -0.39 is 0 Å². The lowest BCUT2D eigenvalue weighted by Crippen LogP contribution is -2.50. The molecule has 0 atom stereocenters. The SMILES string of the molecule is O=C(c1ccncc1)N1CCN(C(=O)c2ccccc2O)CC1. The van der Waals surface area contributed by atoms with Crippen LogP contribution < -0.4 is 0 Å². The first-order valence-corrected chi connectivity index (χ1v) is 7.43. The van der Waals surface area contributed by atoms with Crippen LogP contribution in [0.25, 0.3) is 0 Å². The fourth-order valence-electron chi connectivity index (χ4n) is 2.61. The van der Waals surface area contributed by atoms with E-state index in [1.54, 1.807) is 52.5 Å². The number of amides is 2. The summed E-state index contributed by atoms with van der Waals surface area (Å²) in [6, 6.07) is 9.86. The third kappa shape index (κ3) is 3.15. The van der Waals surface area contributed by atoms with Crippen LogP contribution in [0.3, 0.4) is 0 Å². The van der Waals surface area contributed by atoms with Gasteiger partial charge in [0, 0.05) is 44.1 Å². The van der Waals surface area contributed by atoms with Gasteiger partial charge in [0.05, 0.1) is 5.56 Å². The molecule has 0 radical (unpaired) electrons. The second-order valence-electron chi connectivity index (χ2n) is 5.34. The summed E-state index contributed by atoms with van der Waals surface area (Å²) < 4.78 is 0. The number of rotatable bonds is 2. The minimum atomic E-state index is -0.209. The Kier molecular flexibility index (Phi) is 4.23. The molecule has 1 fully saturated rings. The number of benzene rings is 1. The number of piperazine rings is 1. The largest absolute Gasteiger partial charge is 0.507 e. The van der Waals surface area contributed by atoms with Crippen molar-refractivity contribution in [2.45, 2.75) is 0 Å². The summed E-state index contributed by atoms with van der Waals surface area (Å²) in [5.74, 6) is -0.283. The molecule has 1 aliphatic heterocycles. The number of nitrogens with zero attached hydrogens (tertiary/aromatic N) is 3. The highest BCUT2D eigenvalue weighted by Gasteiger charge is 2.26. The number of aromatic hydroxyl groups is 1. The molecule has 1 N–H and O–H groups in total. The molecule has 0 spiro atoms. The van der Waals surface area contributed by atoms with Gasteiger partial charge in [0.15, 0.2) is 0 Å². The van der Waals surface area contributed by atoms with Gasteiger partial charge in [-0.05, 0) is 24.3 Å². The van der Waals surface area contributed by atoms with Crippen molar-refractivity contribution in [2.75, 3.05) is 26.2 Å². The zero-order valence-electron chi connectivity index (χ0n) is 12.6. The number of carbonyl (C=O) groups excluding carboxylic acids is 2. The van der Waals surface area contributed by atoms with Gasteiger partial charge in [0.25, 0.3) is 11.8 Å². The molecule has 1 saturated heterocycles. The predicted molar refractivity (Wildman–Crippen MR) is 84.2 cm³/mol. The molecule has 0 unspecified atom stereocenters. The molecule has 0 bridgehead atoms.